The third-order valence-electron chi connectivity index (χ3n) is 4.54. The number of rotatable bonds is 5. The van der Waals surface area contributed by atoms with Crippen LogP contribution in [0, 0.1) is 12.8 Å². The summed E-state index contributed by atoms with van der Waals surface area (Å²) in [6, 6.07) is 5.43. The second-order valence-electron chi connectivity index (χ2n) is 6.46. The number of anilines is 1. The average Bonchev–Trinajstić information content (AvgIpc) is 3.14. The predicted molar refractivity (Wildman–Crippen MR) is 103 cm³/mol. The van der Waals surface area contributed by atoms with E-state index in [1.165, 1.54) is 17.5 Å². The van der Waals surface area contributed by atoms with E-state index in [-0.39, 0.29) is 17.6 Å². The van der Waals surface area contributed by atoms with Gasteiger partial charge in [-0.25, -0.2) is 4.98 Å². The highest BCUT2D eigenvalue weighted by atomic mass is 35.5. The van der Waals surface area contributed by atoms with Crippen molar-refractivity contribution in [2.24, 2.45) is 10.9 Å². The lowest BCUT2D eigenvalue weighted by atomic mass is 9.93. The normalized spacial score (nSPS) is 21.2. The van der Waals surface area contributed by atoms with Gasteiger partial charge < -0.3 is 5.32 Å². The highest BCUT2D eigenvalue weighted by molar-refractivity contribution is 7.14. The first kappa shape index (κ1) is 17.1. The van der Waals surface area contributed by atoms with E-state index in [1.54, 1.807) is 24.4 Å². The molecule has 1 amide bonds. The van der Waals surface area contributed by atoms with Gasteiger partial charge in [0, 0.05) is 12.1 Å². The Morgan fingerprint density at radius 2 is 2.15 bits per heavy atom. The van der Waals surface area contributed by atoms with Gasteiger partial charge in [-0.1, -0.05) is 23.7 Å². The summed E-state index contributed by atoms with van der Waals surface area (Å²) in [4.78, 5) is 34.6. The smallest absolute Gasteiger partial charge is 0.267 e. The number of halogens is 1. The van der Waals surface area contributed by atoms with E-state index in [1.807, 2.05) is 19.1 Å². The van der Waals surface area contributed by atoms with Crippen LogP contribution in [0.25, 0.3) is 0 Å². The van der Waals surface area contributed by atoms with Crippen molar-refractivity contribution in [2.45, 2.75) is 25.3 Å². The van der Waals surface area contributed by atoms with Gasteiger partial charge in [-0.15, -0.1) is 11.3 Å². The molecule has 5 nitrogen and oxygen atoms in total. The molecule has 1 atom stereocenters. The maximum Gasteiger partial charge on any atom is 0.267 e. The Labute approximate surface area is 159 Å². The first-order valence-electron chi connectivity index (χ1n) is 8.31. The Hall–Kier alpha value is -2.31. The summed E-state index contributed by atoms with van der Waals surface area (Å²) in [5.74, 6) is -0.197. The van der Waals surface area contributed by atoms with Crippen molar-refractivity contribution < 1.29 is 9.59 Å². The van der Waals surface area contributed by atoms with Crippen molar-refractivity contribution in [2.75, 3.05) is 5.32 Å². The van der Waals surface area contributed by atoms with Crippen LogP contribution < -0.4 is 5.32 Å². The molecule has 1 aromatic heterocycles. The Balaban J connectivity index is 1.61. The third-order valence-corrected chi connectivity index (χ3v) is 5.98. The number of carbonyl (C=O) groups is 2. The maximum atomic E-state index is 12.8. The molecule has 2 heterocycles. The average molecular weight is 386 g/mol. The quantitative estimate of drug-likeness (QED) is 0.839. The van der Waals surface area contributed by atoms with Gasteiger partial charge in [-0.3, -0.25) is 14.6 Å². The topological polar surface area (TPSA) is 71.4 Å². The van der Waals surface area contributed by atoms with Gasteiger partial charge in [0.15, 0.2) is 11.3 Å². The standard InChI is InChI=1S/C19H16ClN3O2S/c1-11-4-2-5-13(20)15(11)23-17(25)14-10-21-18(26-14)19(8-3-9-22-19)16(24)12-6-7-12/h2-5,8-10,12H,6-7H2,1H3,(H,23,25). The summed E-state index contributed by atoms with van der Waals surface area (Å²) in [5, 5.41) is 3.84. The molecule has 7 heteroatoms. The zero-order chi connectivity index (χ0) is 18.3. The number of carbonyl (C=O) groups excluding carboxylic acids is 2. The van der Waals surface area contributed by atoms with Gasteiger partial charge >= 0.3 is 0 Å². The summed E-state index contributed by atoms with van der Waals surface area (Å²) < 4.78 is 0. The Morgan fingerprint density at radius 1 is 1.35 bits per heavy atom. The monoisotopic (exact) mass is 385 g/mol. The molecule has 1 aliphatic carbocycles. The fourth-order valence-electron chi connectivity index (χ4n) is 2.94. The molecule has 1 fully saturated rings. The first-order chi connectivity index (χ1) is 12.5. The summed E-state index contributed by atoms with van der Waals surface area (Å²) >= 11 is 7.36. The van der Waals surface area contributed by atoms with Crippen LogP contribution in [0.4, 0.5) is 5.69 Å². The molecule has 1 unspecified atom stereocenters. The van der Waals surface area contributed by atoms with Crippen molar-refractivity contribution in [3.05, 3.63) is 57.0 Å². The van der Waals surface area contributed by atoms with Crippen molar-refractivity contribution >= 4 is 46.5 Å². The molecule has 1 saturated carbocycles. The zero-order valence-electron chi connectivity index (χ0n) is 14.0. The fourth-order valence-corrected chi connectivity index (χ4v) is 4.15. The molecule has 2 aromatic rings. The second-order valence-corrected chi connectivity index (χ2v) is 7.90. The third kappa shape index (κ3) is 2.89. The van der Waals surface area contributed by atoms with E-state index >= 15 is 0 Å². The number of benzene rings is 1. The molecule has 2 aliphatic rings. The Kier molecular flexibility index (Phi) is 4.25. The highest BCUT2D eigenvalue weighted by Gasteiger charge is 2.48. The van der Waals surface area contributed by atoms with Crippen molar-refractivity contribution in [3.8, 4) is 0 Å². The molecule has 4 rings (SSSR count). The number of amides is 1. The number of aryl methyl sites for hydroxylation is 1. The Morgan fingerprint density at radius 3 is 2.81 bits per heavy atom. The SMILES string of the molecule is Cc1cccc(Cl)c1NC(=O)c1cnc(C2(C(=O)C3CC3)C=CC=N2)s1. The van der Waals surface area contributed by atoms with E-state index in [9.17, 15) is 9.59 Å². The van der Waals surface area contributed by atoms with Crippen molar-refractivity contribution in [1.29, 1.82) is 0 Å². The number of nitrogens with zero attached hydrogens (tertiary/aromatic N) is 2. The van der Waals surface area contributed by atoms with Crippen LogP contribution in [-0.4, -0.2) is 22.9 Å². The number of allylic oxidation sites excluding steroid dienone is 1. The van der Waals surface area contributed by atoms with Crippen LogP contribution in [0.1, 0.15) is 33.1 Å². The molecule has 0 saturated heterocycles. The number of Topliss-reactive ketones (excluding diaryl/α,β-unsaturated/α-hetero) is 1. The summed E-state index contributed by atoms with van der Waals surface area (Å²) in [5.41, 5.74) is 0.390. The molecule has 0 bridgehead atoms. The number of hydrogen-bond donors (Lipinski definition) is 1. The van der Waals surface area contributed by atoms with E-state index in [2.05, 4.69) is 15.3 Å². The van der Waals surface area contributed by atoms with Gasteiger partial charge in [-0.05, 0) is 43.5 Å². The van der Waals surface area contributed by atoms with Crippen LogP contribution in [0.2, 0.25) is 5.02 Å². The predicted octanol–water partition coefficient (Wildman–Crippen LogP) is 4.17. The minimum Gasteiger partial charge on any atom is -0.320 e. The number of nitrogens with one attached hydrogen (secondary N) is 1. The maximum absolute atomic E-state index is 12.8. The summed E-state index contributed by atoms with van der Waals surface area (Å²) in [7, 11) is 0. The number of para-hydroxylation sites is 1. The second kappa shape index (κ2) is 6.45. The molecule has 26 heavy (non-hydrogen) atoms. The van der Waals surface area contributed by atoms with Crippen LogP contribution in [-0.2, 0) is 10.3 Å². The number of thiazole rings is 1. The molecule has 0 radical (unpaired) electrons. The lowest BCUT2D eigenvalue weighted by molar-refractivity contribution is -0.123. The zero-order valence-corrected chi connectivity index (χ0v) is 15.6. The highest BCUT2D eigenvalue weighted by Crippen LogP contribution is 2.43. The Bertz CT molecular complexity index is 927. The molecule has 1 aliphatic heterocycles. The molecular weight excluding hydrogens is 370 g/mol. The van der Waals surface area contributed by atoms with E-state index in [0.29, 0.717) is 20.6 Å². The van der Waals surface area contributed by atoms with Gasteiger partial charge in [0.1, 0.15) is 9.88 Å². The van der Waals surface area contributed by atoms with Gasteiger partial charge in [0.05, 0.1) is 16.9 Å². The lowest BCUT2D eigenvalue weighted by Crippen LogP contribution is -2.31. The number of ketones is 1. The molecule has 1 N–H and O–H groups in total. The van der Waals surface area contributed by atoms with E-state index < -0.39 is 5.54 Å². The van der Waals surface area contributed by atoms with Gasteiger partial charge in [0.2, 0.25) is 0 Å². The lowest BCUT2D eigenvalue weighted by Gasteiger charge is -2.19. The number of aliphatic imine (C=N–C) groups is 1. The summed E-state index contributed by atoms with van der Waals surface area (Å²) in [6.07, 6.45) is 8.43. The van der Waals surface area contributed by atoms with E-state index in [0.717, 1.165) is 18.4 Å². The van der Waals surface area contributed by atoms with Crippen molar-refractivity contribution in [1.82, 2.24) is 4.98 Å². The molecular formula is C19H16ClN3O2S. The summed E-state index contributed by atoms with van der Waals surface area (Å²) in [6.45, 7) is 1.88. The van der Waals surface area contributed by atoms with Crippen molar-refractivity contribution in [3.63, 3.8) is 0 Å². The molecule has 0 spiro atoms. The number of hydrogen-bond acceptors (Lipinski definition) is 5. The van der Waals surface area contributed by atoms with Crippen LogP contribution in [0.3, 0.4) is 0 Å². The minimum absolute atomic E-state index is 0.0434. The molecule has 132 valence electrons. The van der Waals surface area contributed by atoms with E-state index in [4.69, 9.17) is 11.6 Å². The fraction of sp³-hybridized carbons (Fsp3) is 0.263. The van der Waals surface area contributed by atoms with Gasteiger partial charge in [0.25, 0.3) is 5.91 Å². The first-order valence-corrected chi connectivity index (χ1v) is 9.51. The van der Waals surface area contributed by atoms with Crippen LogP contribution in [0.5, 0.6) is 0 Å². The van der Waals surface area contributed by atoms with Crippen LogP contribution >= 0.6 is 22.9 Å². The van der Waals surface area contributed by atoms with Gasteiger partial charge in [-0.2, -0.15) is 0 Å². The molecule has 1 aromatic carbocycles. The largest absolute Gasteiger partial charge is 0.320 e. The number of aromatic nitrogens is 1. The minimum atomic E-state index is -1.06. The van der Waals surface area contributed by atoms with Crippen LogP contribution in [0.15, 0.2) is 41.5 Å².